The second-order valence-electron chi connectivity index (χ2n) is 4.14. The fourth-order valence-electron chi connectivity index (χ4n) is 1.55. The zero-order chi connectivity index (χ0) is 9.56. The van der Waals surface area contributed by atoms with Gasteiger partial charge in [-0.3, -0.25) is 0 Å². The molecule has 0 heterocycles. The molecule has 0 saturated heterocycles. The predicted octanol–water partition coefficient (Wildman–Crippen LogP) is 1.73. The van der Waals surface area contributed by atoms with Gasteiger partial charge in [-0.1, -0.05) is 20.8 Å². The molecule has 0 bridgehead atoms. The summed E-state index contributed by atoms with van der Waals surface area (Å²) in [4.78, 5) is 0. The molecular formula is C10H24N2. The van der Waals surface area contributed by atoms with Crippen molar-refractivity contribution in [1.29, 1.82) is 0 Å². The van der Waals surface area contributed by atoms with Crippen LogP contribution < -0.4 is 11.5 Å². The first-order valence-corrected chi connectivity index (χ1v) is 5.05. The molecule has 0 fully saturated rings. The summed E-state index contributed by atoms with van der Waals surface area (Å²) in [5.74, 6) is 1.36. The highest BCUT2D eigenvalue weighted by molar-refractivity contribution is 4.69. The minimum atomic E-state index is 0.345. The Morgan fingerprint density at radius 3 is 2.08 bits per heavy atom. The van der Waals surface area contributed by atoms with E-state index in [0.717, 1.165) is 25.3 Å². The zero-order valence-electron chi connectivity index (χ0n) is 8.72. The average Bonchev–Trinajstić information content (AvgIpc) is 2.02. The Labute approximate surface area is 76.7 Å². The second kappa shape index (κ2) is 6.44. The van der Waals surface area contributed by atoms with Crippen LogP contribution in [0.25, 0.3) is 0 Å². The first kappa shape index (κ1) is 11.9. The third kappa shape index (κ3) is 5.56. The molecule has 0 radical (unpaired) electrons. The van der Waals surface area contributed by atoms with E-state index in [4.69, 9.17) is 11.5 Å². The Hall–Kier alpha value is -0.0800. The topological polar surface area (TPSA) is 52.0 Å². The average molecular weight is 172 g/mol. The lowest BCUT2D eigenvalue weighted by molar-refractivity contribution is 0.362. The van der Waals surface area contributed by atoms with Crippen LogP contribution in [0.1, 0.15) is 40.0 Å². The Kier molecular flexibility index (Phi) is 6.39. The van der Waals surface area contributed by atoms with Crippen molar-refractivity contribution >= 4 is 0 Å². The van der Waals surface area contributed by atoms with Crippen molar-refractivity contribution in [2.24, 2.45) is 23.3 Å². The zero-order valence-corrected chi connectivity index (χ0v) is 8.72. The first-order valence-electron chi connectivity index (χ1n) is 5.05. The van der Waals surface area contributed by atoms with Gasteiger partial charge in [0.1, 0.15) is 0 Å². The van der Waals surface area contributed by atoms with Gasteiger partial charge in [0, 0.05) is 6.04 Å². The normalized spacial score (nSPS) is 16.5. The summed E-state index contributed by atoms with van der Waals surface area (Å²) >= 11 is 0. The maximum absolute atomic E-state index is 5.87. The fourth-order valence-corrected chi connectivity index (χ4v) is 1.55. The van der Waals surface area contributed by atoms with Gasteiger partial charge in [0.15, 0.2) is 0 Å². The van der Waals surface area contributed by atoms with Crippen molar-refractivity contribution in [3.05, 3.63) is 0 Å². The van der Waals surface area contributed by atoms with Crippen LogP contribution in [0.4, 0.5) is 0 Å². The lowest BCUT2D eigenvalue weighted by atomic mass is 9.91. The van der Waals surface area contributed by atoms with E-state index >= 15 is 0 Å². The van der Waals surface area contributed by atoms with Gasteiger partial charge in [-0.15, -0.1) is 0 Å². The standard InChI is InChI=1S/C10H24N2/c1-4-10(12)6-9(7-11)5-8(2)3/h8-10H,4-7,11-12H2,1-3H3. The van der Waals surface area contributed by atoms with Crippen LogP contribution in [0.5, 0.6) is 0 Å². The molecule has 0 aliphatic carbocycles. The summed E-state index contributed by atoms with van der Waals surface area (Å²) in [5.41, 5.74) is 11.5. The van der Waals surface area contributed by atoms with Gasteiger partial charge in [0.2, 0.25) is 0 Å². The lowest BCUT2D eigenvalue weighted by Gasteiger charge is -2.20. The molecule has 0 aliphatic heterocycles. The van der Waals surface area contributed by atoms with Gasteiger partial charge in [0.25, 0.3) is 0 Å². The molecule has 2 nitrogen and oxygen atoms in total. The van der Waals surface area contributed by atoms with Gasteiger partial charge in [-0.2, -0.15) is 0 Å². The van der Waals surface area contributed by atoms with E-state index in [1.807, 2.05) is 0 Å². The summed E-state index contributed by atoms with van der Waals surface area (Å²) in [7, 11) is 0. The molecule has 12 heavy (non-hydrogen) atoms. The molecule has 0 aromatic heterocycles. The van der Waals surface area contributed by atoms with Crippen LogP contribution in [0.3, 0.4) is 0 Å². The number of hydrogen-bond acceptors (Lipinski definition) is 2. The van der Waals surface area contributed by atoms with Crippen LogP contribution in [0.15, 0.2) is 0 Å². The summed E-state index contributed by atoms with van der Waals surface area (Å²) < 4.78 is 0. The summed E-state index contributed by atoms with van der Waals surface area (Å²) in [6.45, 7) is 7.39. The monoisotopic (exact) mass is 172 g/mol. The quantitative estimate of drug-likeness (QED) is 0.641. The number of nitrogens with two attached hydrogens (primary N) is 2. The van der Waals surface area contributed by atoms with Gasteiger partial charge in [-0.25, -0.2) is 0 Å². The largest absolute Gasteiger partial charge is 0.330 e. The fraction of sp³-hybridized carbons (Fsp3) is 1.00. The first-order chi connectivity index (χ1) is 5.60. The van der Waals surface area contributed by atoms with E-state index in [2.05, 4.69) is 20.8 Å². The van der Waals surface area contributed by atoms with E-state index in [1.165, 1.54) is 6.42 Å². The van der Waals surface area contributed by atoms with Crippen molar-refractivity contribution < 1.29 is 0 Å². The molecule has 0 amide bonds. The molecule has 0 rings (SSSR count). The van der Waals surface area contributed by atoms with E-state index in [1.54, 1.807) is 0 Å². The van der Waals surface area contributed by atoms with Gasteiger partial charge >= 0.3 is 0 Å². The molecule has 2 unspecified atom stereocenters. The maximum Gasteiger partial charge on any atom is 0.00393 e. The smallest absolute Gasteiger partial charge is 0.00393 e. The summed E-state index contributed by atoms with van der Waals surface area (Å²) in [6.07, 6.45) is 3.37. The van der Waals surface area contributed by atoms with Crippen LogP contribution in [-0.4, -0.2) is 12.6 Å². The van der Waals surface area contributed by atoms with Crippen molar-refractivity contribution in [3.63, 3.8) is 0 Å². The lowest BCUT2D eigenvalue weighted by Crippen LogP contribution is -2.27. The molecule has 0 saturated carbocycles. The summed E-state index contributed by atoms with van der Waals surface area (Å²) in [6, 6.07) is 0.345. The SMILES string of the molecule is CCC(N)CC(CN)CC(C)C. The van der Waals surface area contributed by atoms with Gasteiger partial charge in [0.05, 0.1) is 0 Å². The van der Waals surface area contributed by atoms with E-state index in [0.29, 0.717) is 12.0 Å². The third-order valence-corrected chi connectivity index (χ3v) is 2.30. The van der Waals surface area contributed by atoms with E-state index in [9.17, 15) is 0 Å². The minimum Gasteiger partial charge on any atom is -0.330 e. The number of hydrogen-bond donors (Lipinski definition) is 2. The van der Waals surface area contributed by atoms with Crippen LogP contribution in [-0.2, 0) is 0 Å². The van der Waals surface area contributed by atoms with Crippen LogP contribution >= 0.6 is 0 Å². The molecule has 0 aromatic carbocycles. The molecule has 2 heteroatoms. The van der Waals surface area contributed by atoms with Crippen molar-refractivity contribution in [1.82, 2.24) is 0 Å². The molecule has 4 N–H and O–H groups in total. The Balaban J connectivity index is 3.66. The summed E-state index contributed by atoms with van der Waals surface area (Å²) in [5, 5.41) is 0. The molecule has 0 aromatic rings. The predicted molar refractivity (Wildman–Crippen MR) is 54.9 cm³/mol. The van der Waals surface area contributed by atoms with E-state index < -0.39 is 0 Å². The van der Waals surface area contributed by atoms with E-state index in [-0.39, 0.29) is 0 Å². The minimum absolute atomic E-state index is 0.345. The molecule has 0 aliphatic rings. The number of rotatable bonds is 6. The third-order valence-electron chi connectivity index (χ3n) is 2.30. The Bertz CT molecular complexity index is 102. The molecule has 74 valence electrons. The van der Waals surface area contributed by atoms with Gasteiger partial charge in [-0.05, 0) is 37.6 Å². The van der Waals surface area contributed by atoms with Crippen molar-refractivity contribution in [2.45, 2.75) is 46.1 Å². The second-order valence-corrected chi connectivity index (χ2v) is 4.14. The molecular weight excluding hydrogens is 148 g/mol. The Morgan fingerprint density at radius 1 is 1.17 bits per heavy atom. The highest BCUT2D eigenvalue weighted by Gasteiger charge is 2.12. The van der Waals surface area contributed by atoms with Crippen LogP contribution in [0.2, 0.25) is 0 Å². The molecule has 0 spiro atoms. The van der Waals surface area contributed by atoms with Crippen LogP contribution in [0, 0.1) is 11.8 Å². The molecule has 2 atom stereocenters. The van der Waals surface area contributed by atoms with Gasteiger partial charge < -0.3 is 11.5 Å². The van der Waals surface area contributed by atoms with Crippen molar-refractivity contribution in [3.8, 4) is 0 Å². The van der Waals surface area contributed by atoms with Crippen molar-refractivity contribution in [2.75, 3.05) is 6.54 Å². The highest BCUT2D eigenvalue weighted by Crippen LogP contribution is 2.16. The highest BCUT2D eigenvalue weighted by atomic mass is 14.6. The Morgan fingerprint density at radius 2 is 1.75 bits per heavy atom. The maximum atomic E-state index is 5.87.